The number of halogens is 2. The van der Waals surface area contributed by atoms with Gasteiger partial charge in [-0.2, -0.15) is 5.10 Å². The van der Waals surface area contributed by atoms with E-state index in [0.717, 1.165) is 36.9 Å². The quantitative estimate of drug-likeness (QED) is 0.899. The lowest BCUT2D eigenvalue weighted by atomic mass is 9.62. The van der Waals surface area contributed by atoms with Gasteiger partial charge in [-0.15, -0.1) is 0 Å². The number of hydrogen-bond donors (Lipinski definition) is 2. The van der Waals surface area contributed by atoms with E-state index in [0.29, 0.717) is 29.1 Å². The summed E-state index contributed by atoms with van der Waals surface area (Å²) >= 11 is 6.36. The zero-order valence-electron chi connectivity index (χ0n) is 13.2. The maximum atomic E-state index is 14.3. The summed E-state index contributed by atoms with van der Waals surface area (Å²) in [6.07, 6.45) is 3.36. The number of rotatable bonds is 3. The van der Waals surface area contributed by atoms with Crippen LogP contribution in [0.2, 0.25) is 5.15 Å². The molecule has 1 saturated carbocycles. The maximum Gasteiger partial charge on any atom is 0.132 e. The zero-order valence-corrected chi connectivity index (χ0v) is 13.9. The minimum absolute atomic E-state index is 0.286. The van der Waals surface area contributed by atoms with Gasteiger partial charge in [0.15, 0.2) is 0 Å². The Bertz CT molecular complexity index is 710. The first-order chi connectivity index (χ1) is 11.2. The molecule has 2 bridgehead atoms. The van der Waals surface area contributed by atoms with Crippen LogP contribution in [0, 0.1) is 17.7 Å². The van der Waals surface area contributed by atoms with Gasteiger partial charge in [-0.05, 0) is 31.4 Å². The number of ether oxygens (including phenoxy) is 1. The number of nitrogens with one attached hydrogen (secondary N) is 2. The van der Waals surface area contributed by atoms with Gasteiger partial charge in [0.05, 0.1) is 5.52 Å². The van der Waals surface area contributed by atoms with Gasteiger partial charge in [0.25, 0.3) is 0 Å². The van der Waals surface area contributed by atoms with E-state index in [9.17, 15) is 4.39 Å². The minimum atomic E-state index is -0.480. The Kier molecular flexibility index (Phi) is 3.82. The molecular weight excluding hydrogens is 317 g/mol. The lowest BCUT2D eigenvalue weighted by Crippen LogP contribution is -2.58. The topological polar surface area (TPSA) is 49.9 Å². The Balaban J connectivity index is 1.99. The van der Waals surface area contributed by atoms with Crippen molar-refractivity contribution in [3.63, 3.8) is 0 Å². The molecule has 124 valence electrons. The molecule has 2 atom stereocenters. The first-order valence-electron chi connectivity index (χ1n) is 8.35. The fraction of sp³-hybridized carbons (Fsp3) is 0.588. The highest BCUT2D eigenvalue weighted by atomic mass is 35.5. The van der Waals surface area contributed by atoms with Crippen molar-refractivity contribution in [1.29, 1.82) is 0 Å². The van der Waals surface area contributed by atoms with Crippen molar-refractivity contribution in [3.8, 4) is 0 Å². The molecule has 2 fully saturated rings. The first-order valence-corrected chi connectivity index (χ1v) is 8.73. The van der Waals surface area contributed by atoms with E-state index < -0.39 is 5.60 Å². The Hall–Kier alpha value is -1.17. The second-order valence-electron chi connectivity index (χ2n) is 6.59. The van der Waals surface area contributed by atoms with Gasteiger partial charge in [0.2, 0.25) is 0 Å². The highest BCUT2D eigenvalue weighted by molar-refractivity contribution is 6.34. The van der Waals surface area contributed by atoms with Gasteiger partial charge in [-0.25, -0.2) is 4.39 Å². The van der Waals surface area contributed by atoms with Gasteiger partial charge < -0.3 is 10.1 Å². The molecule has 0 amide bonds. The molecule has 4 rings (SSSR count). The average Bonchev–Trinajstić information content (AvgIpc) is 2.87. The largest absolute Gasteiger partial charge is 0.370 e. The lowest BCUT2D eigenvalue weighted by molar-refractivity contribution is -0.160. The van der Waals surface area contributed by atoms with Crippen LogP contribution in [0.3, 0.4) is 0 Å². The highest BCUT2D eigenvalue weighted by Gasteiger charge is 2.52. The molecule has 1 aliphatic carbocycles. The fourth-order valence-electron chi connectivity index (χ4n) is 4.69. The van der Waals surface area contributed by atoms with Crippen molar-refractivity contribution < 1.29 is 9.13 Å². The van der Waals surface area contributed by atoms with Crippen molar-refractivity contribution >= 4 is 22.5 Å². The van der Waals surface area contributed by atoms with Crippen LogP contribution >= 0.6 is 11.6 Å². The van der Waals surface area contributed by atoms with Crippen molar-refractivity contribution in [1.82, 2.24) is 15.5 Å². The molecule has 0 spiro atoms. The molecule has 23 heavy (non-hydrogen) atoms. The van der Waals surface area contributed by atoms with Crippen molar-refractivity contribution in [3.05, 3.63) is 28.7 Å². The lowest BCUT2D eigenvalue weighted by Gasteiger charge is -2.53. The predicted molar refractivity (Wildman–Crippen MR) is 88.1 cm³/mol. The Labute approximate surface area is 139 Å². The fourth-order valence-corrected chi connectivity index (χ4v) is 4.93. The van der Waals surface area contributed by atoms with Gasteiger partial charge in [-0.1, -0.05) is 18.0 Å². The normalized spacial score (nSPS) is 30.7. The Morgan fingerprint density at radius 1 is 1.35 bits per heavy atom. The summed E-state index contributed by atoms with van der Waals surface area (Å²) < 4.78 is 20.7. The van der Waals surface area contributed by atoms with Crippen LogP contribution in [0.4, 0.5) is 4.39 Å². The van der Waals surface area contributed by atoms with Crippen molar-refractivity contribution in [2.24, 2.45) is 11.8 Å². The van der Waals surface area contributed by atoms with Gasteiger partial charge in [-0.3, -0.25) is 5.10 Å². The standard InChI is InChI=1S/C17H21ClFN3O/c1-2-23-17(10-4-3-5-11(17)9-20-8-10)13-6-12(19)7-14-15(13)16(18)22-21-14/h6-7,10-11,20H,2-5,8-9H2,1H3,(H,21,22). The molecule has 1 saturated heterocycles. The first kappa shape index (κ1) is 15.4. The summed E-state index contributed by atoms with van der Waals surface area (Å²) in [7, 11) is 0. The summed E-state index contributed by atoms with van der Waals surface area (Å²) in [6, 6.07) is 3.04. The summed E-state index contributed by atoms with van der Waals surface area (Å²) in [4.78, 5) is 0. The van der Waals surface area contributed by atoms with E-state index in [1.54, 1.807) is 6.07 Å². The summed E-state index contributed by atoms with van der Waals surface area (Å²) in [6.45, 7) is 4.39. The molecule has 2 aliphatic rings. The van der Waals surface area contributed by atoms with E-state index in [1.807, 2.05) is 6.92 Å². The second kappa shape index (κ2) is 5.72. The maximum absolute atomic E-state index is 14.3. The molecule has 1 aromatic carbocycles. The van der Waals surface area contributed by atoms with Crippen LogP contribution in [0.25, 0.3) is 10.9 Å². The molecule has 2 unspecified atom stereocenters. The monoisotopic (exact) mass is 337 g/mol. The van der Waals surface area contributed by atoms with E-state index >= 15 is 0 Å². The smallest absolute Gasteiger partial charge is 0.132 e. The van der Waals surface area contributed by atoms with Crippen LogP contribution in [0.15, 0.2) is 12.1 Å². The van der Waals surface area contributed by atoms with Crippen LogP contribution in [0.1, 0.15) is 31.7 Å². The van der Waals surface area contributed by atoms with Crippen LogP contribution in [0.5, 0.6) is 0 Å². The molecule has 1 aliphatic heterocycles. The van der Waals surface area contributed by atoms with Crippen LogP contribution in [-0.2, 0) is 10.3 Å². The van der Waals surface area contributed by atoms with Crippen LogP contribution < -0.4 is 5.32 Å². The zero-order chi connectivity index (χ0) is 16.0. The van der Waals surface area contributed by atoms with E-state index in [2.05, 4.69) is 15.5 Å². The van der Waals surface area contributed by atoms with Gasteiger partial charge in [0.1, 0.15) is 16.6 Å². The third-order valence-electron chi connectivity index (χ3n) is 5.48. The molecule has 1 aromatic heterocycles. The molecular formula is C17H21ClFN3O. The third-order valence-corrected chi connectivity index (χ3v) is 5.75. The summed E-state index contributed by atoms with van der Waals surface area (Å²) in [5.74, 6) is 0.364. The Morgan fingerprint density at radius 3 is 2.78 bits per heavy atom. The van der Waals surface area contributed by atoms with E-state index in [1.165, 1.54) is 12.5 Å². The Morgan fingerprint density at radius 2 is 2.09 bits per heavy atom. The minimum Gasteiger partial charge on any atom is -0.370 e. The molecule has 2 N–H and O–H groups in total. The number of nitrogens with zero attached hydrogens (tertiary/aromatic N) is 1. The molecule has 0 radical (unpaired) electrons. The number of aromatic amines is 1. The number of benzene rings is 1. The number of hydrogen-bond acceptors (Lipinski definition) is 3. The number of piperidine rings is 1. The SMILES string of the molecule is CCOC1(c2cc(F)cc3n[nH]c(Cl)c23)C2CCCC1CNC2. The summed E-state index contributed by atoms with van der Waals surface area (Å²) in [5.41, 5.74) is 0.955. The highest BCUT2D eigenvalue weighted by Crippen LogP contribution is 2.52. The second-order valence-corrected chi connectivity index (χ2v) is 6.97. The van der Waals surface area contributed by atoms with Crippen molar-refractivity contribution in [2.75, 3.05) is 19.7 Å². The number of H-pyrrole nitrogens is 1. The van der Waals surface area contributed by atoms with Crippen LogP contribution in [-0.4, -0.2) is 29.9 Å². The van der Waals surface area contributed by atoms with Gasteiger partial charge >= 0.3 is 0 Å². The van der Waals surface area contributed by atoms with Crippen molar-refractivity contribution in [2.45, 2.75) is 31.8 Å². The molecule has 4 nitrogen and oxygen atoms in total. The molecule has 2 heterocycles. The molecule has 6 heteroatoms. The summed E-state index contributed by atoms with van der Waals surface area (Å²) in [5, 5.41) is 11.7. The number of fused-ring (bicyclic) bond motifs is 3. The number of aromatic nitrogens is 2. The van der Waals surface area contributed by atoms with E-state index in [4.69, 9.17) is 16.3 Å². The average molecular weight is 338 g/mol. The van der Waals surface area contributed by atoms with Gasteiger partial charge in [0, 0.05) is 43.0 Å². The molecule has 2 aromatic rings. The predicted octanol–water partition coefficient (Wildman–Crippen LogP) is 3.61. The third kappa shape index (κ3) is 2.21. The van der Waals surface area contributed by atoms with E-state index in [-0.39, 0.29) is 5.82 Å².